The van der Waals surface area contributed by atoms with Gasteiger partial charge in [-0.25, -0.2) is 0 Å². The van der Waals surface area contributed by atoms with Crippen LogP contribution in [0.3, 0.4) is 0 Å². The highest BCUT2D eigenvalue weighted by Gasteiger charge is 2.01. The average Bonchev–Trinajstić information content (AvgIpc) is 2.17. The molecule has 0 unspecified atom stereocenters. The molecule has 15 heavy (non-hydrogen) atoms. The lowest BCUT2D eigenvalue weighted by Crippen LogP contribution is -2.07. The lowest BCUT2D eigenvalue weighted by Gasteiger charge is -2.03. The van der Waals surface area contributed by atoms with Gasteiger partial charge in [0.1, 0.15) is 0 Å². The van der Waals surface area contributed by atoms with E-state index >= 15 is 0 Å². The fraction of sp³-hybridized carbons (Fsp3) is 0.0909. The van der Waals surface area contributed by atoms with E-state index in [0.717, 1.165) is 5.56 Å². The summed E-state index contributed by atoms with van der Waals surface area (Å²) in [6, 6.07) is 7.19. The minimum absolute atomic E-state index is 0.0693. The topological polar surface area (TPSA) is 46.2 Å². The van der Waals surface area contributed by atoms with Gasteiger partial charge in [-0.2, -0.15) is 0 Å². The molecule has 1 aromatic carbocycles. The highest BCUT2D eigenvalue weighted by atomic mass is 127. The number of rotatable bonds is 4. The normalized spacial score (nSPS) is 9.40. The second-order valence-electron chi connectivity index (χ2n) is 2.93. The first-order valence-electron chi connectivity index (χ1n) is 4.32. The molecule has 4 heteroatoms. The molecule has 0 aliphatic heterocycles. The molecule has 0 fully saturated rings. The third-order valence-electron chi connectivity index (χ3n) is 1.72. The Morgan fingerprint density at radius 3 is 2.80 bits per heavy atom. The summed E-state index contributed by atoms with van der Waals surface area (Å²) in [5, 5.41) is 2.63. The third-order valence-corrected chi connectivity index (χ3v) is 2.10. The lowest BCUT2D eigenvalue weighted by atomic mass is 10.1. The maximum absolute atomic E-state index is 11.0. The van der Waals surface area contributed by atoms with Gasteiger partial charge in [0.15, 0.2) is 3.79 Å². The Morgan fingerprint density at radius 2 is 2.20 bits per heavy atom. The van der Waals surface area contributed by atoms with Crippen molar-refractivity contribution in [2.45, 2.75) is 6.42 Å². The van der Waals surface area contributed by atoms with Crippen LogP contribution in [0.4, 0.5) is 5.69 Å². The summed E-state index contributed by atoms with van der Waals surface area (Å²) in [7, 11) is 0. The molecule has 0 saturated heterocycles. The van der Waals surface area contributed by atoms with Gasteiger partial charge in [0, 0.05) is 12.1 Å². The number of carbonyl (C=O) groups excluding carboxylic acids is 2. The minimum atomic E-state index is -0.257. The summed E-state index contributed by atoms with van der Waals surface area (Å²) in [6.07, 6.45) is 1.58. The smallest absolute Gasteiger partial charge is 0.247 e. The molecule has 0 aliphatic carbocycles. The zero-order valence-corrected chi connectivity index (χ0v) is 10.2. The van der Waals surface area contributed by atoms with Crippen molar-refractivity contribution in [1.82, 2.24) is 0 Å². The second-order valence-corrected chi connectivity index (χ2v) is 4.13. The number of hydrogen-bond donors (Lipinski definition) is 1. The van der Waals surface area contributed by atoms with Gasteiger partial charge in [-0.1, -0.05) is 18.7 Å². The zero-order chi connectivity index (χ0) is 11.3. The monoisotopic (exact) mass is 315 g/mol. The number of hydrogen-bond acceptors (Lipinski definition) is 2. The van der Waals surface area contributed by atoms with Crippen LogP contribution in [0.1, 0.15) is 5.56 Å². The predicted molar refractivity (Wildman–Crippen MR) is 68.0 cm³/mol. The van der Waals surface area contributed by atoms with E-state index in [4.69, 9.17) is 0 Å². The molecule has 0 atom stereocenters. The second kappa shape index (κ2) is 5.65. The van der Waals surface area contributed by atoms with Crippen molar-refractivity contribution in [1.29, 1.82) is 0 Å². The number of anilines is 1. The van der Waals surface area contributed by atoms with Crippen LogP contribution in [0.5, 0.6) is 0 Å². The molecule has 78 valence electrons. The Bertz CT molecular complexity index is 401. The van der Waals surface area contributed by atoms with Crippen LogP contribution in [0, 0.1) is 0 Å². The average molecular weight is 315 g/mol. The first-order valence-corrected chi connectivity index (χ1v) is 5.40. The Hall–Kier alpha value is -1.17. The highest BCUT2D eigenvalue weighted by molar-refractivity contribution is 14.1. The Morgan fingerprint density at radius 1 is 1.47 bits per heavy atom. The number of halogens is 1. The summed E-state index contributed by atoms with van der Waals surface area (Å²) in [5.41, 5.74) is 1.56. The number of nitrogens with one attached hydrogen (secondary N) is 1. The van der Waals surface area contributed by atoms with E-state index in [-0.39, 0.29) is 9.70 Å². The predicted octanol–water partition coefficient (Wildman–Crippen LogP) is 2.32. The van der Waals surface area contributed by atoms with E-state index in [1.54, 1.807) is 40.8 Å². The lowest BCUT2D eigenvalue weighted by molar-refractivity contribution is -0.112. The van der Waals surface area contributed by atoms with E-state index in [1.165, 1.54) is 6.08 Å². The van der Waals surface area contributed by atoms with Crippen LogP contribution >= 0.6 is 22.6 Å². The zero-order valence-electron chi connectivity index (χ0n) is 8.00. The molecule has 0 aromatic heterocycles. The molecule has 0 spiro atoms. The van der Waals surface area contributed by atoms with E-state index in [1.807, 2.05) is 6.07 Å². The first-order chi connectivity index (χ1) is 7.11. The Kier molecular flexibility index (Phi) is 4.48. The summed E-state index contributed by atoms with van der Waals surface area (Å²) in [4.78, 5) is 21.9. The molecule has 0 aliphatic rings. The van der Waals surface area contributed by atoms with Gasteiger partial charge in [0.25, 0.3) is 0 Å². The van der Waals surface area contributed by atoms with E-state index in [0.29, 0.717) is 12.1 Å². The van der Waals surface area contributed by atoms with Gasteiger partial charge in [0.2, 0.25) is 5.91 Å². The van der Waals surface area contributed by atoms with Gasteiger partial charge in [-0.15, -0.1) is 0 Å². The standard InChI is InChI=1S/C11H10INO2/c1-2-11(15)13-9-5-3-4-8(6-9)7-10(12)14/h2-6H,1,7H2,(H,13,15). The van der Waals surface area contributed by atoms with Crippen molar-refractivity contribution < 1.29 is 9.59 Å². The summed E-state index contributed by atoms with van der Waals surface area (Å²) in [6.45, 7) is 3.36. The van der Waals surface area contributed by atoms with E-state index < -0.39 is 0 Å². The van der Waals surface area contributed by atoms with E-state index in [2.05, 4.69) is 11.9 Å². The van der Waals surface area contributed by atoms with Gasteiger partial charge in [-0.05, 0) is 46.4 Å². The molecule has 1 rings (SSSR count). The first kappa shape index (κ1) is 11.9. The molecular formula is C11H10INO2. The van der Waals surface area contributed by atoms with Crippen LogP contribution in [0.15, 0.2) is 36.9 Å². The van der Waals surface area contributed by atoms with Gasteiger partial charge < -0.3 is 5.32 Å². The maximum Gasteiger partial charge on any atom is 0.247 e. The summed E-state index contributed by atoms with van der Waals surface area (Å²) >= 11 is 1.75. The van der Waals surface area contributed by atoms with Crippen LogP contribution in [0.25, 0.3) is 0 Å². The van der Waals surface area contributed by atoms with E-state index in [9.17, 15) is 9.59 Å². The van der Waals surface area contributed by atoms with Crippen molar-refractivity contribution >= 4 is 38.0 Å². The Balaban J connectivity index is 2.78. The Labute approximate surface area is 102 Å². The molecule has 1 aromatic rings. The van der Waals surface area contributed by atoms with Crippen LogP contribution < -0.4 is 5.32 Å². The van der Waals surface area contributed by atoms with Crippen molar-refractivity contribution in [3.05, 3.63) is 42.5 Å². The molecule has 1 amide bonds. The fourth-order valence-electron chi connectivity index (χ4n) is 1.11. The number of carbonyl (C=O) groups is 2. The maximum atomic E-state index is 11.0. The van der Waals surface area contributed by atoms with Crippen LogP contribution in [0.2, 0.25) is 0 Å². The molecule has 0 bridgehead atoms. The molecule has 0 radical (unpaired) electrons. The molecule has 1 N–H and O–H groups in total. The molecule has 0 saturated carbocycles. The molecule has 3 nitrogen and oxygen atoms in total. The summed E-state index contributed by atoms with van der Waals surface area (Å²) in [5.74, 6) is -0.257. The third kappa shape index (κ3) is 4.24. The number of benzene rings is 1. The molecule has 0 heterocycles. The SMILES string of the molecule is C=CC(=O)Nc1cccc(CC(=O)I)c1. The number of amides is 1. The van der Waals surface area contributed by atoms with Crippen molar-refractivity contribution in [3.63, 3.8) is 0 Å². The van der Waals surface area contributed by atoms with Gasteiger partial charge >= 0.3 is 0 Å². The van der Waals surface area contributed by atoms with Crippen LogP contribution in [-0.4, -0.2) is 9.70 Å². The van der Waals surface area contributed by atoms with Crippen molar-refractivity contribution in [2.24, 2.45) is 0 Å². The molecular weight excluding hydrogens is 305 g/mol. The van der Waals surface area contributed by atoms with Gasteiger partial charge in [-0.3, -0.25) is 9.59 Å². The van der Waals surface area contributed by atoms with Crippen molar-refractivity contribution in [3.8, 4) is 0 Å². The van der Waals surface area contributed by atoms with Crippen molar-refractivity contribution in [2.75, 3.05) is 5.32 Å². The minimum Gasteiger partial charge on any atom is -0.323 e. The quantitative estimate of drug-likeness (QED) is 0.526. The fourth-order valence-corrected chi connectivity index (χ4v) is 1.55. The highest BCUT2D eigenvalue weighted by Crippen LogP contribution is 2.12. The van der Waals surface area contributed by atoms with Crippen LogP contribution in [-0.2, 0) is 16.0 Å². The largest absolute Gasteiger partial charge is 0.323 e. The van der Waals surface area contributed by atoms with Gasteiger partial charge in [0.05, 0.1) is 0 Å². The summed E-state index contributed by atoms with van der Waals surface area (Å²) < 4.78 is 0.0693.